The van der Waals surface area contributed by atoms with E-state index in [0.29, 0.717) is 11.8 Å². The van der Waals surface area contributed by atoms with Gasteiger partial charge in [0.15, 0.2) is 0 Å². The summed E-state index contributed by atoms with van der Waals surface area (Å²) in [4.78, 5) is 0. The van der Waals surface area contributed by atoms with Gasteiger partial charge >= 0.3 is 0 Å². The maximum absolute atomic E-state index is 3.98. The molecule has 0 aromatic rings. The van der Waals surface area contributed by atoms with Gasteiger partial charge in [0.25, 0.3) is 0 Å². The Labute approximate surface area is 96.7 Å². The molecule has 0 nitrogen and oxygen atoms in total. The Kier molecular flexibility index (Phi) is 7.88. The molecular weight excluding hydrogens is 209 g/mol. The molecule has 0 aliphatic heterocycles. The zero-order valence-electron chi connectivity index (χ0n) is 8.15. The Morgan fingerprint density at radius 3 is 1.09 bits per heavy atom. The normalized spacial score (nSPS) is 12.9. The molecule has 63 valence electrons. The third-order valence-electron chi connectivity index (χ3n) is 1.81. The summed E-state index contributed by atoms with van der Waals surface area (Å²) in [5.41, 5.74) is 2.38. The number of rotatable bonds is 2. The SMILES string of the molecule is [CH2-]/C(=C(\[CH2-])C(C)C)C(C)C.[Y]. The fourth-order valence-electron chi connectivity index (χ4n) is 0.742. The van der Waals surface area contributed by atoms with E-state index in [1.807, 2.05) is 0 Å². The van der Waals surface area contributed by atoms with Gasteiger partial charge in [0.2, 0.25) is 0 Å². The average Bonchev–Trinajstić information content (AvgIpc) is 1.84. The fraction of sp³-hybridized carbons (Fsp3) is 0.600. The van der Waals surface area contributed by atoms with Crippen molar-refractivity contribution in [3.05, 3.63) is 25.0 Å². The number of hydrogen-bond acceptors (Lipinski definition) is 0. The van der Waals surface area contributed by atoms with E-state index in [4.69, 9.17) is 0 Å². The summed E-state index contributed by atoms with van der Waals surface area (Å²) in [6.07, 6.45) is 0. The predicted octanol–water partition coefficient (Wildman–Crippen LogP) is 3.26. The monoisotopic (exact) mass is 227 g/mol. The molecular formula is C10H18Y-2. The molecule has 0 aromatic heterocycles. The van der Waals surface area contributed by atoms with E-state index in [1.165, 1.54) is 11.1 Å². The summed E-state index contributed by atoms with van der Waals surface area (Å²) in [7, 11) is 0. The zero-order valence-corrected chi connectivity index (χ0v) is 11.0. The van der Waals surface area contributed by atoms with E-state index >= 15 is 0 Å². The van der Waals surface area contributed by atoms with E-state index in [0.717, 1.165) is 0 Å². The minimum atomic E-state index is 0. The van der Waals surface area contributed by atoms with Crippen LogP contribution in [0.25, 0.3) is 0 Å². The summed E-state index contributed by atoms with van der Waals surface area (Å²) in [5.74, 6) is 1.07. The van der Waals surface area contributed by atoms with E-state index in [2.05, 4.69) is 41.5 Å². The van der Waals surface area contributed by atoms with Crippen molar-refractivity contribution in [3.8, 4) is 0 Å². The van der Waals surface area contributed by atoms with Crippen LogP contribution in [0.3, 0.4) is 0 Å². The smallest absolute Gasteiger partial charge is 0 e. The van der Waals surface area contributed by atoms with E-state index < -0.39 is 0 Å². The molecule has 0 saturated carbocycles. The zero-order chi connectivity index (χ0) is 8.31. The van der Waals surface area contributed by atoms with Gasteiger partial charge in [-0.05, 0) is 0 Å². The second-order valence-corrected chi connectivity index (χ2v) is 3.36. The van der Waals surface area contributed by atoms with E-state index in [1.54, 1.807) is 0 Å². The third kappa shape index (κ3) is 4.92. The third-order valence-corrected chi connectivity index (χ3v) is 1.81. The van der Waals surface area contributed by atoms with Crippen LogP contribution >= 0.6 is 0 Å². The molecule has 0 aliphatic carbocycles. The summed E-state index contributed by atoms with van der Waals surface area (Å²) in [6, 6.07) is 0. The molecule has 0 spiro atoms. The average molecular weight is 227 g/mol. The van der Waals surface area contributed by atoms with Crippen LogP contribution in [0.1, 0.15) is 27.7 Å². The van der Waals surface area contributed by atoms with Gasteiger partial charge in [-0.2, -0.15) is 0 Å². The second-order valence-electron chi connectivity index (χ2n) is 3.36. The van der Waals surface area contributed by atoms with Gasteiger partial charge < -0.3 is 25.0 Å². The summed E-state index contributed by atoms with van der Waals surface area (Å²) in [5, 5.41) is 0. The summed E-state index contributed by atoms with van der Waals surface area (Å²) in [6.45, 7) is 16.5. The van der Waals surface area contributed by atoms with Crippen molar-refractivity contribution in [3.63, 3.8) is 0 Å². The summed E-state index contributed by atoms with van der Waals surface area (Å²) < 4.78 is 0. The van der Waals surface area contributed by atoms with Crippen LogP contribution < -0.4 is 0 Å². The molecule has 0 heterocycles. The van der Waals surface area contributed by atoms with Gasteiger partial charge in [-0.25, -0.2) is 0 Å². The molecule has 0 aromatic carbocycles. The van der Waals surface area contributed by atoms with Gasteiger partial charge in [0.05, 0.1) is 0 Å². The van der Waals surface area contributed by atoms with Gasteiger partial charge in [-0.3, -0.25) is 0 Å². The molecule has 11 heavy (non-hydrogen) atoms. The van der Waals surface area contributed by atoms with Crippen molar-refractivity contribution in [1.82, 2.24) is 0 Å². The van der Waals surface area contributed by atoms with Crippen LogP contribution in [0.4, 0.5) is 0 Å². The first-order chi connectivity index (χ1) is 4.46. The Hall–Kier alpha value is 0.584. The number of allylic oxidation sites excluding steroid dienone is 2. The van der Waals surface area contributed by atoms with Crippen molar-refractivity contribution < 1.29 is 32.7 Å². The fourth-order valence-corrected chi connectivity index (χ4v) is 0.742. The van der Waals surface area contributed by atoms with Crippen molar-refractivity contribution >= 4 is 0 Å². The molecule has 0 atom stereocenters. The van der Waals surface area contributed by atoms with Gasteiger partial charge in [0, 0.05) is 32.7 Å². The maximum atomic E-state index is 3.98. The van der Waals surface area contributed by atoms with Crippen LogP contribution in [-0.4, -0.2) is 0 Å². The molecule has 0 unspecified atom stereocenters. The molecule has 0 rings (SSSR count). The van der Waals surface area contributed by atoms with Crippen molar-refractivity contribution in [2.24, 2.45) is 11.8 Å². The molecule has 1 heteroatoms. The van der Waals surface area contributed by atoms with Gasteiger partial charge in [-0.15, -0.1) is 11.8 Å². The minimum absolute atomic E-state index is 0. The molecule has 0 amide bonds. The first-order valence-electron chi connectivity index (χ1n) is 3.84. The van der Waals surface area contributed by atoms with Crippen LogP contribution in [0.15, 0.2) is 11.1 Å². The Bertz CT molecular complexity index is 116. The maximum Gasteiger partial charge on any atom is 0 e. The summed E-state index contributed by atoms with van der Waals surface area (Å²) >= 11 is 0. The second kappa shape index (κ2) is 6.14. The number of hydrogen-bond donors (Lipinski definition) is 0. The standard InChI is InChI=1S/C10H18.Y/c1-7(2)9(5)10(6)8(3)4;/h7-8H,5-6H2,1-4H3;/q-2;/b10-9-;. The first kappa shape index (κ1) is 14.1. The van der Waals surface area contributed by atoms with Crippen LogP contribution in [0.5, 0.6) is 0 Å². The van der Waals surface area contributed by atoms with Crippen LogP contribution in [0, 0.1) is 25.7 Å². The minimum Gasteiger partial charge on any atom is -0.361 e. The Balaban J connectivity index is 0. The van der Waals surface area contributed by atoms with Gasteiger partial charge in [-0.1, -0.05) is 27.7 Å². The van der Waals surface area contributed by atoms with Crippen molar-refractivity contribution in [2.45, 2.75) is 27.7 Å². The topological polar surface area (TPSA) is 0 Å². The van der Waals surface area contributed by atoms with Crippen molar-refractivity contribution in [2.75, 3.05) is 0 Å². The largest absolute Gasteiger partial charge is 0.361 e. The quantitative estimate of drug-likeness (QED) is 0.635. The van der Waals surface area contributed by atoms with E-state index in [-0.39, 0.29) is 32.7 Å². The van der Waals surface area contributed by atoms with E-state index in [9.17, 15) is 0 Å². The molecule has 1 radical (unpaired) electrons. The van der Waals surface area contributed by atoms with Gasteiger partial charge in [0.1, 0.15) is 0 Å². The Morgan fingerprint density at radius 2 is 1.00 bits per heavy atom. The van der Waals surface area contributed by atoms with Crippen molar-refractivity contribution in [1.29, 1.82) is 0 Å². The van der Waals surface area contributed by atoms with Crippen LogP contribution in [0.2, 0.25) is 0 Å². The molecule has 0 saturated heterocycles. The molecule has 0 N–H and O–H groups in total. The van der Waals surface area contributed by atoms with Crippen LogP contribution in [-0.2, 0) is 32.7 Å². The first-order valence-corrected chi connectivity index (χ1v) is 3.84. The molecule has 0 fully saturated rings. The predicted molar refractivity (Wildman–Crippen MR) is 47.4 cm³/mol. The Morgan fingerprint density at radius 1 is 0.818 bits per heavy atom. The molecule has 0 bridgehead atoms. The molecule has 0 aliphatic rings.